The number of nitrogens with zero attached hydrogens (tertiary/aromatic N) is 1. The molecule has 7 heteroatoms. The minimum Gasteiger partial charge on any atom is -0.481 e. The molecule has 0 saturated heterocycles. The van der Waals surface area contributed by atoms with Crippen LogP contribution in [0.1, 0.15) is 16.7 Å². The molecule has 0 bridgehead atoms. The molecular weight excluding hydrogens is 259 g/mol. The first-order valence-corrected chi connectivity index (χ1v) is 4.65. The van der Waals surface area contributed by atoms with Gasteiger partial charge in [-0.05, 0) is 17.7 Å². The number of halogens is 4. The molecular formula is C10H5ClF3NO2. The summed E-state index contributed by atoms with van der Waals surface area (Å²) in [4.78, 5) is 10.4. The van der Waals surface area contributed by atoms with Crippen LogP contribution in [-0.2, 0) is 17.4 Å². The van der Waals surface area contributed by atoms with Crippen LogP contribution in [0.25, 0.3) is 0 Å². The van der Waals surface area contributed by atoms with Crippen LogP contribution in [0.4, 0.5) is 13.2 Å². The molecule has 0 radical (unpaired) electrons. The average Bonchev–Trinajstić information content (AvgIpc) is 2.14. The first kappa shape index (κ1) is 13.3. The molecule has 0 aromatic heterocycles. The fourth-order valence-corrected chi connectivity index (χ4v) is 1.56. The maximum atomic E-state index is 12.6. The standard InChI is InChI=1S/C10H5ClF3NO2/c11-8-2-5(3-9(16)17)1-7(6(8)4-15)10(12,13)14/h1-2H,3H2,(H,16,17). The summed E-state index contributed by atoms with van der Waals surface area (Å²) in [6.45, 7) is 0. The molecule has 17 heavy (non-hydrogen) atoms. The predicted octanol–water partition coefficient (Wildman–Crippen LogP) is 2.86. The lowest BCUT2D eigenvalue weighted by Gasteiger charge is -2.11. The number of carboxylic acid groups (broad SMARTS) is 1. The van der Waals surface area contributed by atoms with Gasteiger partial charge in [0.15, 0.2) is 0 Å². The Balaban J connectivity index is 3.40. The maximum absolute atomic E-state index is 12.6. The largest absolute Gasteiger partial charge is 0.481 e. The van der Waals surface area contributed by atoms with Crippen molar-refractivity contribution < 1.29 is 23.1 Å². The van der Waals surface area contributed by atoms with E-state index in [-0.39, 0.29) is 5.56 Å². The number of aliphatic carboxylic acids is 1. The van der Waals surface area contributed by atoms with E-state index in [4.69, 9.17) is 22.0 Å². The minimum absolute atomic E-state index is 0.103. The monoisotopic (exact) mass is 263 g/mol. The quantitative estimate of drug-likeness (QED) is 0.892. The third-order valence-corrected chi connectivity index (χ3v) is 2.22. The number of carboxylic acids is 1. The van der Waals surface area contributed by atoms with Crippen molar-refractivity contribution in [3.8, 4) is 6.07 Å². The molecule has 0 atom stereocenters. The Kier molecular flexibility index (Phi) is 3.63. The fraction of sp³-hybridized carbons (Fsp3) is 0.200. The van der Waals surface area contributed by atoms with Crippen molar-refractivity contribution in [1.29, 1.82) is 5.26 Å². The van der Waals surface area contributed by atoms with E-state index < -0.39 is 34.7 Å². The first-order chi connectivity index (χ1) is 7.75. The SMILES string of the molecule is N#Cc1c(Cl)cc(CC(=O)O)cc1C(F)(F)F. The number of nitriles is 1. The van der Waals surface area contributed by atoms with Gasteiger partial charge in [-0.1, -0.05) is 11.6 Å². The van der Waals surface area contributed by atoms with E-state index in [0.29, 0.717) is 6.07 Å². The Morgan fingerprint density at radius 2 is 2.06 bits per heavy atom. The second-order valence-corrected chi connectivity index (χ2v) is 3.59. The van der Waals surface area contributed by atoms with E-state index in [1.165, 1.54) is 6.07 Å². The second kappa shape index (κ2) is 4.63. The normalized spacial score (nSPS) is 11.0. The van der Waals surface area contributed by atoms with Crippen LogP contribution < -0.4 is 0 Å². The van der Waals surface area contributed by atoms with Crippen LogP contribution in [0.5, 0.6) is 0 Å². The Bertz CT molecular complexity index is 505. The van der Waals surface area contributed by atoms with Gasteiger partial charge in [0, 0.05) is 0 Å². The Morgan fingerprint density at radius 3 is 2.47 bits per heavy atom. The topological polar surface area (TPSA) is 61.1 Å². The molecule has 0 aliphatic heterocycles. The van der Waals surface area contributed by atoms with Gasteiger partial charge in [-0.3, -0.25) is 4.79 Å². The summed E-state index contributed by atoms with van der Waals surface area (Å²) in [6.07, 6.45) is -5.34. The summed E-state index contributed by atoms with van der Waals surface area (Å²) in [5.74, 6) is -1.28. The number of rotatable bonds is 2. The molecule has 0 fully saturated rings. The van der Waals surface area contributed by atoms with Gasteiger partial charge in [-0.15, -0.1) is 0 Å². The van der Waals surface area contributed by atoms with E-state index in [0.717, 1.165) is 6.07 Å². The summed E-state index contributed by atoms with van der Waals surface area (Å²) in [5, 5.41) is 16.7. The Labute approximate surface area is 99.0 Å². The van der Waals surface area contributed by atoms with E-state index in [9.17, 15) is 18.0 Å². The smallest absolute Gasteiger partial charge is 0.417 e. The van der Waals surface area contributed by atoms with Gasteiger partial charge in [0.2, 0.25) is 0 Å². The molecule has 0 spiro atoms. The van der Waals surface area contributed by atoms with Gasteiger partial charge < -0.3 is 5.11 Å². The van der Waals surface area contributed by atoms with Gasteiger partial charge in [0.1, 0.15) is 6.07 Å². The number of carbonyl (C=O) groups is 1. The van der Waals surface area contributed by atoms with Crippen LogP contribution in [0.15, 0.2) is 12.1 Å². The highest BCUT2D eigenvalue weighted by molar-refractivity contribution is 6.32. The molecule has 1 aromatic carbocycles. The highest BCUT2D eigenvalue weighted by Gasteiger charge is 2.35. The molecule has 0 aliphatic rings. The summed E-state index contributed by atoms with van der Waals surface area (Å²) in [5.41, 5.74) is -2.02. The molecule has 0 amide bonds. The second-order valence-electron chi connectivity index (χ2n) is 3.18. The van der Waals surface area contributed by atoms with Crippen molar-refractivity contribution in [3.05, 3.63) is 33.8 Å². The summed E-state index contributed by atoms with van der Waals surface area (Å²) < 4.78 is 37.7. The number of hydrogen-bond donors (Lipinski definition) is 1. The van der Waals surface area contributed by atoms with Gasteiger partial charge in [0.25, 0.3) is 0 Å². The summed E-state index contributed by atoms with van der Waals surface area (Å²) in [7, 11) is 0. The van der Waals surface area contributed by atoms with Crippen molar-refractivity contribution in [2.45, 2.75) is 12.6 Å². The van der Waals surface area contributed by atoms with Gasteiger partial charge in [-0.25, -0.2) is 0 Å². The zero-order chi connectivity index (χ0) is 13.2. The van der Waals surface area contributed by atoms with Gasteiger partial charge in [0.05, 0.1) is 22.6 Å². The molecule has 1 aromatic rings. The lowest BCUT2D eigenvalue weighted by atomic mass is 10.0. The maximum Gasteiger partial charge on any atom is 0.417 e. The first-order valence-electron chi connectivity index (χ1n) is 4.27. The molecule has 90 valence electrons. The average molecular weight is 264 g/mol. The van der Waals surface area contributed by atoms with Crippen LogP contribution in [0, 0.1) is 11.3 Å². The third kappa shape index (κ3) is 3.11. The van der Waals surface area contributed by atoms with Crippen LogP contribution in [0.2, 0.25) is 5.02 Å². The Hall–Kier alpha value is -1.74. The van der Waals surface area contributed by atoms with Gasteiger partial charge in [-0.2, -0.15) is 18.4 Å². The zero-order valence-electron chi connectivity index (χ0n) is 8.18. The highest BCUT2D eigenvalue weighted by Crippen LogP contribution is 2.35. The molecule has 0 unspecified atom stereocenters. The van der Waals surface area contributed by atoms with Crippen LogP contribution in [-0.4, -0.2) is 11.1 Å². The summed E-state index contributed by atoms with van der Waals surface area (Å²) in [6, 6.07) is 3.02. The molecule has 0 aliphatic carbocycles. The van der Waals surface area contributed by atoms with E-state index >= 15 is 0 Å². The van der Waals surface area contributed by atoms with E-state index in [2.05, 4.69) is 0 Å². The predicted molar refractivity (Wildman–Crippen MR) is 52.5 cm³/mol. The Morgan fingerprint density at radius 1 is 1.47 bits per heavy atom. The van der Waals surface area contributed by atoms with Crippen LogP contribution in [0.3, 0.4) is 0 Å². The molecule has 0 saturated carbocycles. The van der Waals surface area contributed by atoms with E-state index in [1.807, 2.05) is 0 Å². The number of benzene rings is 1. The van der Waals surface area contributed by atoms with Crippen LogP contribution >= 0.6 is 11.6 Å². The van der Waals surface area contributed by atoms with Crippen molar-refractivity contribution in [3.63, 3.8) is 0 Å². The van der Waals surface area contributed by atoms with E-state index in [1.54, 1.807) is 0 Å². The lowest BCUT2D eigenvalue weighted by molar-refractivity contribution is -0.139. The molecule has 1 rings (SSSR count). The van der Waals surface area contributed by atoms with Crippen molar-refractivity contribution in [1.82, 2.24) is 0 Å². The number of hydrogen-bond acceptors (Lipinski definition) is 2. The summed E-state index contributed by atoms with van der Waals surface area (Å²) >= 11 is 5.51. The lowest BCUT2D eigenvalue weighted by Crippen LogP contribution is -2.10. The van der Waals surface area contributed by atoms with Crippen molar-refractivity contribution in [2.75, 3.05) is 0 Å². The minimum atomic E-state index is -4.75. The molecule has 3 nitrogen and oxygen atoms in total. The third-order valence-electron chi connectivity index (χ3n) is 1.92. The van der Waals surface area contributed by atoms with Crippen molar-refractivity contribution in [2.24, 2.45) is 0 Å². The van der Waals surface area contributed by atoms with Gasteiger partial charge >= 0.3 is 12.1 Å². The fourth-order valence-electron chi connectivity index (χ4n) is 1.28. The molecule has 0 heterocycles. The molecule has 1 N–H and O–H groups in total. The highest BCUT2D eigenvalue weighted by atomic mass is 35.5. The van der Waals surface area contributed by atoms with Crippen molar-refractivity contribution >= 4 is 17.6 Å². The number of alkyl halides is 3. The zero-order valence-corrected chi connectivity index (χ0v) is 8.93.